The van der Waals surface area contributed by atoms with Crippen LogP contribution in [-0.2, 0) is 33.9 Å². The van der Waals surface area contributed by atoms with Gasteiger partial charge in [0.25, 0.3) is 6.10 Å². The lowest BCUT2D eigenvalue weighted by molar-refractivity contribution is -0.159. The number of nitrogens with one attached hydrogen (secondary N) is 2. The maximum absolute atomic E-state index is 13.6. The lowest BCUT2D eigenvalue weighted by Crippen LogP contribution is -2.52. The van der Waals surface area contributed by atoms with Gasteiger partial charge in [-0.2, -0.15) is 0 Å². The normalized spacial score (nSPS) is 11.4. The van der Waals surface area contributed by atoms with Crippen LogP contribution in [0.15, 0.2) is 84.9 Å². The Balaban J connectivity index is 1.78. The van der Waals surface area contributed by atoms with Gasteiger partial charge >= 0.3 is 18.0 Å². The predicted octanol–water partition coefficient (Wildman–Crippen LogP) is 4.23. The molecular formula is C32H37N3O7. The van der Waals surface area contributed by atoms with Crippen molar-refractivity contribution in [2.24, 2.45) is 0 Å². The molecule has 0 fully saturated rings. The van der Waals surface area contributed by atoms with Crippen molar-refractivity contribution in [3.05, 3.63) is 102 Å². The molecule has 0 radical (unpaired) electrons. The van der Waals surface area contributed by atoms with E-state index in [0.29, 0.717) is 25.2 Å². The minimum Gasteiger partial charge on any atom is -0.478 e. The second-order valence-electron chi connectivity index (χ2n) is 9.85. The molecule has 3 rings (SSSR count). The summed E-state index contributed by atoms with van der Waals surface area (Å²) in [6.45, 7) is 3.23. The summed E-state index contributed by atoms with van der Waals surface area (Å²) in [5, 5.41) is 24.0. The molecule has 3 aromatic carbocycles. The molecule has 0 heterocycles. The third-order valence-electron chi connectivity index (χ3n) is 6.48. The molecule has 222 valence electrons. The lowest BCUT2D eigenvalue weighted by atomic mass is 10.0. The zero-order valence-corrected chi connectivity index (χ0v) is 23.6. The number of unbranched alkanes of at least 4 members (excludes halogenated alkanes) is 2. The van der Waals surface area contributed by atoms with Crippen LogP contribution in [0.1, 0.15) is 42.9 Å². The van der Waals surface area contributed by atoms with Crippen LogP contribution in [0.4, 0.5) is 4.79 Å². The van der Waals surface area contributed by atoms with Gasteiger partial charge in [0, 0.05) is 26.1 Å². The van der Waals surface area contributed by atoms with E-state index in [1.54, 1.807) is 17.0 Å². The largest absolute Gasteiger partial charge is 0.478 e. The second-order valence-corrected chi connectivity index (χ2v) is 9.85. The number of carboxylic acid groups (broad SMARTS) is 2. The minimum atomic E-state index is -2.04. The number of carbonyl (C=O) groups excluding carboxylic acids is 2. The Kier molecular flexibility index (Phi) is 12.4. The van der Waals surface area contributed by atoms with Gasteiger partial charge in [-0.05, 0) is 35.2 Å². The van der Waals surface area contributed by atoms with Crippen LogP contribution in [0.25, 0.3) is 0 Å². The second kappa shape index (κ2) is 16.4. The van der Waals surface area contributed by atoms with E-state index in [9.17, 15) is 19.2 Å². The first kappa shape index (κ1) is 31.7. The molecule has 0 aliphatic rings. The molecule has 3 amide bonds. The van der Waals surface area contributed by atoms with E-state index in [2.05, 4.69) is 17.6 Å². The Morgan fingerprint density at radius 3 is 1.81 bits per heavy atom. The molecule has 42 heavy (non-hydrogen) atoms. The highest BCUT2D eigenvalue weighted by molar-refractivity contribution is 5.96. The van der Waals surface area contributed by atoms with Gasteiger partial charge in [0.15, 0.2) is 0 Å². The molecule has 10 nitrogen and oxygen atoms in total. The number of carbonyl (C=O) groups is 4. The van der Waals surface area contributed by atoms with Gasteiger partial charge in [0.2, 0.25) is 5.91 Å². The zero-order valence-electron chi connectivity index (χ0n) is 23.6. The number of nitrogens with zero attached hydrogens (tertiary/aromatic N) is 1. The van der Waals surface area contributed by atoms with Gasteiger partial charge in [-0.3, -0.25) is 4.79 Å². The third kappa shape index (κ3) is 10.3. The Bertz CT molecular complexity index is 1250. The van der Waals surface area contributed by atoms with Crippen LogP contribution in [-0.4, -0.2) is 57.7 Å². The first-order valence-corrected chi connectivity index (χ1v) is 13.9. The molecule has 0 aromatic heterocycles. The van der Waals surface area contributed by atoms with Crippen LogP contribution in [0.2, 0.25) is 0 Å². The molecule has 0 saturated heterocycles. The molecule has 0 unspecified atom stereocenters. The molecule has 4 N–H and O–H groups in total. The summed E-state index contributed by atoms with van der Waals surface area (Å²) in [6.07, 6.45) is 0.892. The fraction of sp³-hybridized carbons (Fsp3) is 0.312. The summed E-state index contributed by atoms with van der Waals surface area (Å²) >= 11 is 0. The fourth-order valence-corrected chi connectivity index (χ4v) is 4.25. The highest BCUT2D eigenvalue weighted by Crippen LogP contribution is 2.17. The summed E-state index contributed by atoms with van der Waals surface area (Å²) in [7, 11) is 0. The number of carboxylic acids is 2. The van der Waals surface area contributed by atoms with Crippen LogP contribution in [0.3, 0.4) is 0 Å². The SMILES string of the molecule is CCCCCNC(=O)[C@H](Cc1ccc(OC(C(=O)O)C(=O)O)cc1)NC(=O)N(Cc1ccccc1)Cc1ccccc1. The van der Waals surface area contributed by atoms with E-state index in [0.717, 1.165) is 30.4 Å². The van der Waals surface area contributed by atoms with Crippen molar-refractivity contribution in [3.8, 4) is 5.75 Å². The van der Waals surface area contributed by atoms with Crippen molar-refractivity contribution in [1.82, 2.24) is 15.5 Å². The van der Waals surface area contributed by atoms with E-state index >= 15 is 0 Å². The van der Waals surface area contributed by atoms with Gasteiger partial charge in [0.05, 0.1) is 0 Å². The van der Waals surface area contributed by atoms with E-state index in [1.165, 1.54) is 12.1 Å². The smallest absolute Gasteiger partial charge is 0.356 e. The van der Waals surface area contributed by atoms with E-state index < -0.39 is 30.1 Å². The molecule has 1 atom stereocenters. The van der Waals surface area contributed by atoms with E-state index in [-0.39, 0.29) is 18.1 Å². The summed E-state index contributed by atoms with van der Waals surface area (Å²) in [6, 6.07) is 24.0. The molecule has 3 aromatic rings. The number of rotatable bonds is 16. The Morgan fingerprint density at radius 2 is 1.31 bits per heavy atom. The summed E-state index contributed by atoms with van der Waals surface area (Å²) < 4.78 is 5.08. The van der Waals surface area contributed by atoms with Crippen LogP contribution >= 0.6 is 0 Å². The Labute approximate surface area is 245 Å². The molecule has 0 bridgehead atoms. The standard InChI is InChI=1S/C32H37N3O7/c1-2-3-10-19-33-29(36)27(20-23-15-17-26(18-16-23)42-28(30(37)38)31(39)40)34-32(41)35(21-24-11-6-4-7-12-24)22-25-13-8-5-9-14-25/h4-9,11-18,27-28H,2-3,10,19-22H2,1H3,(H,33,36)(H,34,41)(H,37,38)(H,39,40)/t27-/m0/s1. The van der Waals surface area contributed by atoms with Crippen molar-refractivity contribution in [3.63, 3.8) is 0 Å². The van der Waals surface area contributed by atoms with Crippen molar-refractivity contribution >= 4 is 23.9 Å². The molecule has 0 saturated carbocycles. The average Bonchev–Trinajstić information content (AvgIpc) is 2.98. The zero-order chi connectivity index (χ0) is 30.3. The van der Waals surface area contributed by atoms with Crippen LogP contribution in [0, 0.1) is 0 Å². The topological polar surface area (TPSA) is 145 Å². The Morgan fingerprint density at radius 1 is 0.762 bits per heavy atom. The monoisotopic (exact) mass is 575 g/mol. The lowest BCUT2D eigenvalue weighted by Gasteiger charge is -2.27. The molecule has 10 heteroatoms. The number of amides is 3. The third-order valence-corrected chi connectivity index (χ3v) is 6.48. The van der Waals surface area contributed by atoms with Crippen molar-refractivity contribution in [2.75, 3.05) is 6.54 Å². The summed E-state index contributed by atoms with van der Waals surface area (Å²) in [5.74, 6) is -3.51. The highest BCUT2D eigenvalue weighted by atomic mass is 16.5. The van der Waals surface area contributed by atoms with Crippen molar-refractivity contribution in [2.45, 2.75) is 57.8 Å². The highest BCUT2D eigenvalue weighted by Gasteiger charge is 2.28. The van der Waals surface area contributed by atoms with Gasteiger partial charge in [0.1, 0.15) is 11.8 Å². The Hall–Kier alpha value is -4.86. The van der Waals surface area contributed by atoms with Gasteiger partial charge < -0.3 is 30.5 Å². The number of hydrogen-bond acceptors (Lipinski definition) is 5. The minimum absolute atomic E-state index is 0.0510. The van der Waals surface area contributed by atoms with Crippen LogP contribution in [0.5, 0.6) is 5.75 Å². The van der Waals surface area contributed by atoms with Crippen LogP contribution < -0.4 is 15.4 Å². The molecular weight excluding hydrogens is 538 g/mol. The number of aliphatic carboxylic acids is 2. The van der Waals surface area contributed by atoms with E-state index in [1.807, 2.05) is 60.7 Å². The number of hydrogen-bond donors (Lipinski definition) is 4. The number of ether oxygens (including phenoxy) is 1. The maximum atomic E-state index is 13.6. The van der Waals surface area contributed by atoms with Gasteiger partial charge in [-0.1, -0.05) is 92.6 Å². The summed E-state index contributed by atoms with van der Waals surface area (Å²) in [5.41, 5.74) is 2.55. The van der Waals surface area contributed by atoms with E-state index in [4.69, 9.17) is 14.9 Å². The first-order chi connectivity index (χ1) is 20.3. The van der Waals surface area contributed by atoms with Crippen molar-refractivity contribution < 1.29 is 34.1 Å². The van der Waals surface area contributed by atoms with Gasteiger partial charge in [-0.15, -0.1) is 0 Å². The fourth-order valence-electron chi connectivity index (χ4n) is 4.25. The molecule has 0 spiro atoms. The quantitative estimate of drug-likeness (QED) is 0.148. The van der Waals surface area contributed by atoms with Crippen molar-refractivity contribution in [1.29, 1.82) is 0 Å². The average molecular weight is 576 g/mol. The number of urea groups is 1. The molecule has 0 aliphatic carbocycles. The maximum Gasteiger partial charge on any atom is 0.356 e. The number of benzene rings is 3. The molecule has 0 aliphatic heterocycles. The summed E-state index contributed by atoms with van der Waals surface area (Å²) in [4.78, 5) is 50.8. The predicted molar refractivity (Wildman–Crippen MR) is 157 cm³/mol. The first-order valence-electron chi connectivity index (χ1n) is 13.9. The van der Waals surface area contributed by atoms with Gasteiger partial charge in [-0.25, -0.2) is 14.4 Å².